The number of nitrogens with one attached hydrogen (secondary N) is 1. The predicted molar refractivity (Wildman–Crippen MR) is 102 cm³/mol. The zero-order valence-electron chi connectivity index (χ0n) is 15.2. The summed E-state index contributed by atoms with van der Waals surface area (Å²) in [5.74, 6) is 0.235. The van der Waals surface area contributed by atoms with Gasteiger partial charge in [0.1, 0.15) is 11.3 Å². The van der Waals surface area contributed by atoms with Crippen LogP contribution in [0, 0.1) is 6.92 Å². The molecule has 1 amide bonds. The molecule has 1 unspecified atom stereocenters. The van der Waals surface area contributed by atoms with E-state index < -0.39 is 11.7 Å². The van der Waals surface area contributed by atoms with Gasteiger partial charge in [-0.2, -0.15) is 0 Å². The van der Waals surface area contributed by atoms with E-state index in [-0.39, 0.29) is 18.9 Å². The first-order valence-electron chi connectivity index (χ1n) is 8.59. The predicted octanol–water partition coefficient (Wildman–Crippen LogP) is 2.50. The summed E-state index contributed by atoms with van der Waals surface area (Å²) in [6.45, 7) is 1.85. The molecule has 0 bridgehead atoms. The first-order chi connectivity index (χ1) is 13.0. The second-order valence-electron chi connectivity index (χ2n) is 6.26. The number of aliphatic hydroxyl groups is 1. The maximum Gasteiger partial charge on any atom is 0.340 e. The molecule has 3 aromatic rings. The van der Waals surface area contributed by atoms with Crippen LogP contribution < -0.4 is 15.7 Å². The molecule has 0 aliphatic carbocycles. The van der Waals surface area contributed by atoms with Crippen LogP contribution in [0.4, 0.5) is 0 Å². The van der Waals surface area contributed by atoms with Crippen LogP contribution >= 0.6 is 0 Å². The third kappa shape index (κ3) is 4.17. The van der Waals surface area contributed by atoms with Crippen LogP contribution in [-0.4, -0.2) is 24.7 Å². The van der Waals surface area contributed by atoms with E-state index in [4.69, 9.17) is 9.15 Å². The largest absolute Gasteiger partial charge is 0.497 e. The van der Waals surface area contributed by atoms with Crippen LogP contribution in [0.15, 0.2) is 57.7 Å². The smallest absolute Gasteiger partial charge is 0.340 e. The maximum atomic E-state index is 12.3. The number of aliphatic hydroxyl groups excluding tert-OH is 1. The SMILES string of the molecule is COc1ccc2c(C)c(CC(=O)NCC(O)c3ccccc3)c(=O)oc2c1. The van der Waals surface area contributed by atoms with Gasteiger partial charge in [0.05, 0.1) is 25.2 Å². The van der Waals surface area contributed by atoms with Crippen LogP contribution in [0.25, 0.3) is 11.0 Å². The lowest BCUT2D eigenvalue weighted by Crippen LogP contribution is -2.31. The lowest BCUT2D eigenvalue weighted by molar-refractivity contribution is -0.120. The second kappa shape index (κ2) is 8.05. The minimum absolute atomic E-state index is 0.0675. The second-order valence-corrected chi connectivity index (χ2v) is 6.26. The molecule has 3 rings (SSSR count). The molecule has 140 valence electrons. The Bertz CT molecular complexity index is 1010. The monoisotopic (exact) mass is 367 g/mol. The number of ether oxygens (including phenoxy) is 1. The van der Waals surface area contributed by atoms with Crippen molar-refractivity contribution in [1.82, 2.24) is 5.32 Å². The molecule has 0 saturated heterocycles. The van der Waals surface area contributed by atoms with Gasteiger partial charge in [0.2, 0.25) is 5.91 Å². The van der Waals surface area contributed by atoms with Crippen molar-refractivity contribution in [2.45, 2.75) is 19.4 Å². The van der Waals surface area contributed by atoms with Crippen molar-refractivity contribution in [3.63, 3.8) is 0 Å². The van der Waals surface area contributed by atoms with E-state index >= 15 is 0 Å². The lowest BCUT2D eigenvalue weighted by atomic mass is 10.0. The zero-order chi connectivity index (χ0) is 19.4. The molecule has 2 N–H and O–H groups in total. The van der Waals surface area contributed by atoms with Crippen LogP contribution in [0.5, 0.6) is 5.75 Å². The molecule has 6 nitrogen and oxygen atoms in total. The number of amides is 1. The van der Waals surface area contributed by atoms with Gasteiger partial charge in [-0.1, -0.05) is 30.3 Å². The Morgan fingerprint density at radius 2 is 1.96 bits per heavy atom. The molecule has 1 atom stereocenters. The van der Waals surface area contributed by atoms with Crippen molar-refractivity contribution in [3.05, 3.63) is 75.6 Å². The van der Waals surface area contributed by atoms with Gasteiger partial charge in [-0.25, -0.2) is 4.79 Å². The Labute approximate surface area is 156 Å². The third-order valence-electron chi connectivity index (χ3n) is 4.51. The van der Waals surface area contributed by atoms with Gasteiger partial charge in [-0.05, 0) is 30.2 Å². The number of aryl methyl sites for hydroxylation is 1. The fourth-order valence-electron chi connectivity index (χ4n) is 2.93. The van der Waals surface area contributed by atoms with E-state index in [0.717, 1.165) is 5.39 Å². The van der Waals surface area contributed by atoms with E-state index in [2.05, 4.69) is 5.32 Å². The fraction of sp³-hybridized carbons (Fsp3) is 0.238. The van der Waals surface area contributed by atoms with Crippen LogP contribution in [0.3, 0.4) is 0 Å². The van der Waals surface area contributed by atoms with E-state index in [1.165, 1.54) is 7.11 Å². The van der Waals surface area contributed by atoms with E-state index in [1.807, 2.05) is 18.2 Å². The van der Waals surface area contributed by atoms with E-state index in [0.29, 0.717) is 28.0 Å². The quantitative estimate of drug-likeness (QED) is 0.654. The average Bonchev–Trinajstić information content (AvgIpc) is 2.69. The first-order valence-corrected chi connectivity index (χ1v) is 8.59. The summed E-state index contributed by atoms with van der Waals surface area (Å²) in [7, 11) is 1.54. The van der Waals surface area contributed by atoms with Gasteiger partial charge in [-0.15, -0.1) is 0 Å². The lowest BCUT2D eigenvalue weighted by Gasteiger charge is -2.13. The summed E-state index contributed by atoms with van der Waals surface area (Å²) in [5, 5.41) is 13.5. The van der Waals surface area contributed by atoms with Gasteiger partial charge in [0, 0.05) is 18.0 Å². The highest BCUT2D eigenvalue weighted by Gasteiger charge is 2.16. The summed E-state index contributed by atoms with van der Waals surface area (Å²) in [6.07, 6.45) is -0.922. The Morgan fingerprint density at radius 3 is 2.67 bits per heavy atom. The molecule has 1 aromatic heterocycles. The van der Waals surface area contributed by atoms with Crippen LogP contribution in [0.2, 0.25) is 0 Å². The molecule has 0 radical (unpaired) electrons. The Kier molecular flexibility index (Phi) is 5.57. The Hall–Kier alpha value is -3.12. The number of carbonyl (C=O) groups is 1. The number of benzene rings is 2. The van der Waals surface area contributed by atoms with Crippen molar-refractivity contribution < 1.29 is 19.1 Å². The van der Waals surface area contributed by atoms with E-state index in [1.54, 1.807) is 37.3 Å². The van der Waals surface area contributed by atoms with Gasteiger partial charge in [0.15, 0.2) is 0 Å². The van der Waals surface area contributed by atoms with Crippen molar-refractivity contribution in [2.24, 2.45) is 0 Å². The maximum absolute atomic E-state index is 12.3. The molecule has 0 aliphatic rings. The summed E-state index contributed by atoms with van der Waals surface area (Å²) in [4.78, 5) is 24.6. The molecule has 0 aliphatic heterocycles. The van der Waals surface area contributed by atoms with Crippen LogP contribution in [0.1, 0.15) is 22.8 Å². The van der Waals surface area contributed by atoms with Gasteiger partial charge >= 0.3 is 5.63 Å². The first kappa shape index (κ1) is 18.7. The number of methoxy groups -OCH3 is 1. The van der Waals surface area contributed by atoms with Gasteiger partial charge in [-0.3, -0.25) is 4.79 Å². The molecular formula is C21H21NO5. The van der Waals surface area contributed by atoms with Gasteiger partial charge in [0.25, 0.3) is 0 Å². The molecule has 0 spiro atoms. The minimum atomic E-state index is -0.809. The molecule has 27 heavy (non-hydrogen) atoms. The Morgan fingerprint density at radius 1 is 1.22 bits per heavy atom. The number of rotatable bonds is 6. The number of carbonyl (C=O) groups excluding carboxylic acids is 1. The summed E-state index contributed by atoms with van der Waals surface area (Å²) in [5.41, 5.74) is 1.59. The third-order valence-corrected chi connectivity index (χ3v) is 4.51. The van der Waals surface area contributed by atoms with Crippen molar-refractivity contribution in [1.29, 1.82) is 0 Å². The summed E-state index contributed by atoms with van der Waals surface area (Å²) in [6, 6.07) is 14.3. The highest BCUT2D eigenvalue weighted by molar-refractivity contribution is 5.85. The van der Waals surface area contributed by atoms with E-state index in [9.17, 15) is 14.7 Å². The zero-order valence-corrected chi connectivity index (χ0v) is 15.2. The molecule has 0 saturated carbocycles. The molecule has 0 fully saturated rings. The minimum Gasteiger partial charge on any atom is -0.497 e. The Balaban J connectivity index is 1.74. The standard InChI is InChI=1S/C21H21NO5/c1-13-16-9-8-15(26-2)10-19(16)27-21(25)17(13)11-20(24)22-12-18(23)14-6-4-3-5-7-14/h3-10,18,23H,11-12H2,1-2H3,(H,22,24). The molecule has 1 heterocycles. The number of hydrogen-bond acceptors (Lipinski definition) is 5. The molecule has 2 aromatic carbocycles. The topological polar surface area (TPSA) is 88.8 Å². The van der Waals surface area contributed by atoms with Crippen molar-refractivity contribution in [3.8, 4) is 5.75 Å². The number of hydrogen-bond donors (Lipinski definition) is 2. The highest BCUT2D eigenvalue weighted by atomic mass is 16.5. The van der Waals surface area contributed by atoms with Crippen molar-refractivity contribution in [2.75, 3.05) is 13.7 Å². The molecular weight excluding hydrogens is 346 g/mol. The average molecular weight is 367 g/mol. The fourth-order valence-corrected chi connectivity index (χ4v) is 2.93. The van der Waals surface area contributed by atoms with Crippen LogP contribution in [-0.2, 0) is 11.2 Å². The molecule has 6 heteroatoms. The summed E-state index contributed by atoms with van der Waals surface area (Å²) >= 11 is 0. The number of fused-ring (bicyclic) bond motifs is 1. The normalized spacial score (nSPS) is 12.0. The van der Waals surface area contributed by atoms with Gasteiger partial charge < -0.3 is 19.6 Å². The highest BCUT2D eigenvalue weighted by Crippen LogP contribution is 2.24. The summed E-state index contributed by atoms with van der Waals surface area (Å²) < 4.78 is 10.5. The van der Waals surface area contributed by atoms with Crippen molar-refractivity contribution >= 4 is 16.9 Å².